The van der Waals surface area contributed by atoms with E-state index in [-0.39, 0.29) is 23.9 Å². The van der Waals surface area contributed by atoms with Crippen LogP contribution in [0.25, 0.3) is 0 Å². The van der Waals surface area contributed by atoms with E-state index in [1.54, 1.807) is 31.2 Å². The highest BCUT2D eigenvalue weighted by atomic mass is 16.5. The predicted molar refractivity (Wildman–Crippen MR) is 69.4 cm³/mol. The Balaban J connectivity index is 1.89. The molecular weight excluding hydrogens is 244 g/mol. The van der Waals surface area contributed by atoms with Crippen LogP contribution in [0.2, 0.25) is 0 Å². The fraction of sp³-hybridized carbons (Fsp3) is 0.200. The predicted octanol–water partition coefficient (Wildman–Crippen LogP) is 2.67. The fourth-order valence-electron chi connectivity index (χ4n) is 1.65. The van der Waals surface area contributed by atoms with E-state index in [0.717, 1.165) is 5.56 Å². The summed E-state index contributed by atoms with van der Waals surface area (Å²) < 4.78 is 10.3. The van der Waals surface area contributed by atoms with Crippen molar-refractivity contribution in [2.45, 2.75) is 13.3 Å². The smallest absolute Gasteiger partial charge is 0.235 e. The summed E-state index contributed by atoms with van der Waals surface area (Å²) in [5.74, 6) is 0.778. The molecule has 1 aromatic heterocycles. The van der Waals surface area contributed by atoms with Crippen LogP contribution in [-0.2, 0) is 11.2 Å². The van der Waals surface area contributed by atoms with Crippen LogP contribution < -0.4 is 4.74 Å². The van der Waals surface area contributed by atoms with Crippen molar-refractivity contribution in [3.8, 4) is 5.75 Å². The molecule has 0 unspecified atom stereocenters. The van der Waals surface area contributed by atoms with Crippen LogP contribution in [0.3, 0.4) is 0 Å². The zero-order valence-corrected chi connectivity index (χ0v) is 10.6. The van der Waals surface area contributed by atoms with Crippen molar-refractivity contribution in [1.29, 1.82) is 0 Å². The lowest BCUT2D eigenvalue weighted by molar-refractivity contribution is -0.116. The van der Waals surface area contributed by atoms with Gasteiger partial charge in [-0.25, -0.2) is 0 Å². The number of carbonyl (C=O) groups excluding carboxylic acids is 2. The van der Waals surface area contributed by atoms with Gasteiger partial charge in [-0.15, -0.1) is 0 Å². The standard InChI is InChI=1S/C15H14O4/c1-11(16)9-12-4-6-13(7-5-12)19-10-14(17)15-3-2-8-18-15/h2-8H,9-10H2,1H3. The first-order valence-electron chi connectivity index (χ1n) is 5.93. The van der Waals surface area contributed by atoms with Crippen molar-refractivity contribution < 1.29 is 18.7 Å². The van der Waals surface area contributed by atoms with Crippen molar-refractivity contribution in [3.63, 3.8) is 0 Å². The van der Waals surface area contributed by atoms with Gasteiger partial charge in [0, 0.05) is 6.42 Å². The monoisotopic (exact) mass is 258 g/mol. The minimum absolute atomic E-state index is 0.0699. The summed E-state index contributed by atoms with van der Waals surface area (Å²) >= 11 is 0. The van der Waals surface area contributed by atoms with E-state index in [4.69, 9.17) is 9.15 Å². The molecule has 0 amide bonds. The minimum Gasteiger partial charge on any atom is -0.485 e. The van der Waals surface area contributed by atoms with Crippen molar-refractivity contribution in [3.05, 3.63) is 54.0 Å². The van der Waals surface area contributed by atoms with Crippen LogP contribution in [0.4, 0.5) is 0 Å². The maximum Gasteiger partial charge on any atom is 0.235 e. The number of hydrogen-bond acceptors (Lipinski definition) is 4. The Morgan fingerprint density at radius 2 is 1.89 bits per heavy atom. The van der Waals surface area contributed by atoms with Crippen LogP contribution in [0.15, 0.2) is 47.1 Å². The molecule has 0 bridgehead atoms. The molecule has 98 valence electrons. The first-order chi connectivity index (χ1) is 9.15. The van der Waals surface area contributed by atoms with Gasteiger partial charge in [0.15, 0.2) is 12.4 Å². The lowest BCUT2D eigenvalue weighted by atomic mass is 10.1. The highest BCUT2D eigenvalue weighted by molar-refractivity contribution is 5.94. The van der Waals surface area contributed by atoms with Gasteiger partial charge in [0.05, 0.1) is 6.26 Å². The van der Waals surface area contributed by atoms with Crippen molar-refractivity contribution in [2.75, 3.05) is 6.61 Å². The second kappa shape index (κ2) is 6.00. The second-order valence-corrected chi connectivity index (χ2v) is 4.21. The molecule has 0 N–H and O–H groups in total. The van der Waals surface area contributed by atoms with Gasteiger partial charge < -0.3 is 9.15 Å². The topological polar surface area (TPSA) is 56.5 Å². The Labute approximate surface area is 111 Å². The third kappa shape index (κ3) is 3.81. The Kier molecular flexibility index (Phi) is 4.13. The maximum atomic E-state index is 11.6. The highest BCUT2D eigenvalue weighted by Crippen LogP contribution is 2.13. The molecular formula is C15H14O4. The number of benzene rings is 1. The number of ketones is 2. The van der Waals surface area contributed by atoms with Gasteiger partial charge in [0.1, 0.15) is 11.5 Å². The normalized spacial score (nSPS) is 10.2. The molecule has 2 rings (SSSR count). The van der Waals surface area contributed by atoms with Gasteiger partial charge in [-0.2, -0.15) is 0 Å². The first kappa shape index (κ1) is 13.1. The Morgan fingerprint density at radius 3 is 2.47 bits per heavy atom. The van der Waals surface area contributed by atoms with Crippen molar-refractivity contribution >= 4 is 11.6 Å². The Morgan fingerprint density at radius 1 is 1.16 bits per heavy atom. The lowest BCUT2D eigenvalue weighted by Crippen LogP contribution is -2.10. The summed E-state index contributed by atoms with van der Waals surface area (Å²) in [6.45, 7) is 1.48. The van der Waals surface area contributed by atoms with E-state index in [0.29, 0.717) is 12.2 Å². The molecule has 0 aliphatic heterocycles. The third-order valence-corrected chi connectivity index (χ3v) is 2.54. The zero-order chi connectivity index (χ0) is 13.7. The number of rotatable bonds is 6. The SMILES string of the molecule is CC(=O)Cc1ccc(OCC(=O)c2ccco2)cc1. The third-order valence-electron chi connectivity index (χ3n) is 2.54. The van der Waals surface area contributed by atoms with E-state index < -0.39 is 0 Å². The molecule has 19 heavy (non-hydrogen) atoms. The van der Waals surface area contributed by atoms with Crippen LogP contribution in [0, 0.1) is 0 Å². The molecule has 4 nitrogen and oxygen atoms in total. The average molecular weight is 258 g/mol. The van der Waals surface area contributed by atoms with E-state index in [1.165, 1.54) is 6.26 Å². The number of hydrogen-bond donors (Lipinski definition) is 0. The molecule has 2 aromatic rings. The molecule has 0 radical (unpaired) electrons. The Bertz CT molecular complexity index is 552. The van der Waals surface area contributed by atoms with Gasteiger partial charge in [-0.1, -0.05) is 12.1 Å². The number of ether oxygens (including phenoxy) is 1. The van der Waals surface area contributed by atoms with Crippen LogP contribution in [-0.4, -0.2) is 18.2 Å². The average Bonchev–Trinajstić information content (AvgIpc) is 2.91. The molecule has 0 saturated carbocycles. The van der Waals surface area contributed by atoms with E-state index in [1.807, 2.05) is 12.1 Å². The molecule has 4 heteroatoms. The summed E-state index contributed by atoms with van der Waals surface area (Å²) in [4.78, 5) is 22.6. The van der Waals surface area contributed by atoms with E-state index in [9.17, 15) is 9.59 Å². The molecule has 1 heterocycles. The highest BCUT2D eigenvalue weighted by Gasteiger charge is 2.09. The van der Waals surface area contributed by atoms with Crippen molar-refractivity contribution in [2.24, 2.45) is 0 Å². The summed E-state index contributed by atoms with van der Waals surface area (Å²) in [6, 6.07) is 10.4. The molecule has 0 aliphatic rings. The fourth-order valence-corrected chi connectivity index (χ4v) is 1.65. The number of Topliss-reactive ketones (excluding diaryl/α,β-unsaturated/α-hetero) is 2. The molecule has 0 atom stereocenters. The Hall–Kier alpha value is -2.36. The largest absolute Gasteiger partial charge is 0.485 e. The van der Waals surface area contributed by atoms with Gasteiger partial charge in [0.2, 0.25) is 5.78 Å². The van der Waals surface area contributed by atoms with Crippen LogP contribution in [0.5, 0.6) is 5.75 Å². The molecule has 0 saturated heterocycles. The second-order valence-electron chi connectivity index (χ2n) is 4.21. The molecule has 1 aromatic carbocycles. The van der Waals surface area contributed by atoms with E-state index in [2.05, 4.69) is 0 Å². The first-order valence-corrected chi connectivity index (χ1v) is 5.93. The molecule has 0 fully saturated rings. The van der Waals surface area contributed by atoms with Gasteiger partial charge in [-0.3, -0.25) is 9.59 Å². The van der Waals surface area contributed by atoms with Crippen molar-refractivity contribution in [1.82, 2.24) is 0 Å². The van der Waals surface area contributed by atoms with Gasteiger partial charge >= 0.3 is 0 Å². The zero-order valence-electron chi connectivity index (χ0n) is 10.6. The maximum absolute atomic E-state index is 11.6. The number of carbonyl (C=O) groups is 2. The van der Waals surface area contributed by atoms with Crippen LogP contribution in [0.1, 0.15) is 23.0 Å². The number of furan rings is 1. The summed E-state index contributed by atoms with van der Waals surface area (Å²) in [5, 5.41) is 0. The quantitative estimate of drug-likeness (QED) is 0.747. The summed E-state index contributed by atoms with van der Waals surface area (Å²) in [7, 11) is 0. The van der Waals surface area contributed by atoms with E-state index >= 15 is 0 Å². The molecule has 0 spiro atoms. The van der Waals surface area contributed by atoms with Crippen LogP contribution >= 0.6 is 0 Å². The molecule has 0 aliphatic carbocycles. The van der Waals surface area contributed by atoms with Gasteiger partial charge in [0.25, 0.3) is 0 Å². The minimum atomic E-state index is -0.210. The van der Waals surface area contributed by atoms with Gasteiger partial charge in [-0.05, 0) is 36.8 Å². The summed E-state index contributed by atoms with van der Waals surface area (Å²) in [6.07, 6.45) is 1.86. The summed E-state index contributed by atoms with van der Waals surface area (Å²) in [5.41, 5.74) is 0.928. The lowest BCUT2D eigenvalue weighted by Gasteiger charge is -2.05.